The zero-order valence-electron chi connectivity index (χ0n) is 12.8. The monoisotopic (exact) mass is 288 g/mol. The van der Waals surface area contributed by atoms with E-state index in [2.05, 4.69) is 29.7 Å². The van der Waals surface area contributed by atoms with E-state index < -0.39 is 5.97 Å². The summed E-state index contributed by atoms with van der Waals surface area (Å²) in [7, 11) is 0. The van der Waals surface area contributed by atoms with Gasteiger partial charge in [0, 0.05) is 44.8 Å². The Balaban J connectivity index is 1.99. The molecule has 1 N–H and O–H groups in total. The van der Waals surface area contributed by atoms with E-state index in [1.165, 1.54) is 11.6 Å². The molecule has 0 bridgehead atoms. The molecule has 1 aromatic rings. The molecule has 1 heterocycles. The molecule has 0 unspecified atom stereocenters. The molecule has 1 saturated heterocycles. The van der Waals surface area contributed by atoms with Gasteiger partial charge in [-0.3, -0.25) is 9.80 Å². The number of carboxylic acid groups (broad SMARTS) is 1. The molecule has 1 aromatic carbocycles. The van der Waals surface area contributed by atoms with Crippen molar-refractivity contribution in [3.05, 3.63) is 41.5 Å². The summed E-state index contributed by atoms with van der Waals surface area (Å²) in [6.45, 7) is 9.69. The molecule has 0 radical (unpaired) electrons. The molecule has 0 aliphatic carbocycles. The minimum Gasteiger partial charge on any atom is -0.478 e. The zero-order valence-corrected chi connectivity index (χ0v) is 12.8. The first kappa shape index (κ1) is 15.7. The van der Waals surface area contributed by atoms with Gasteiger partial charge in [0.25, 0.3) is 0 Å². The fourth-order valence-corrected chi connectivity index (χ4v) is 2.68. The molecular formula is C17H24N2O2. The fraction of sp³-hybridized carbons (Fsp3) is 0.471. The molecule has 1 aliphatic rings. The van der Waals surface area contributed by atoms with E-state index in [4.69, 9.17) is 5.11 Å². The van der Waals surface area contributed by atoms with Crippen LogP contribution in [0.25, 0.3) is 6.08 Å². The summed E-state index contributed by atoms with van der Waals surface area (Å²) in [6, 6.07) is 8.62. The van der Waals surface area contributed by atoms with Crippen LogP contribution in [-0.4, -0.2) is 53.1 Å². The molecule has 4 nitrogen and oxygen atoms in total. The van der Waals surface area contributed by atoms with Crippen molar-refractivity contribution in [2.75, 3.05) is 26.2 Å². The number of hydrogen-bond acceptors (Lipinski definition) is 3. The second-order valence-corrected chi connectivity index (χ2v) is 5.78. The van der Waals surface area contributed by atoms with Gasteiger partial charge >= 0.3 is 5.97 Å². The lowest BCUT2D eigenvalue weighted by Crippen LogP contribution is -2.48. The van der Waals surface area contributed by atoms with Gasteiger partial charge in [-0.05, 0) is 31.1 Å². The number of benzene rings is 1. The van der Waals surface area contributed by atoms with Crippen LogP contribution in [0.4, 0.5) is 0 Å². The topological polar surface area (TPSA) is 43.8 Å². The molecule has 4 heteroatoms. The first-order valence-electron chi connectivity index (χ1n) is 7.51. The minimum atomic E-state index is -0.907. The molecular weight excluding hydrogens is 264 g/mol. The highest BCUT2D eigenvalue weighted by Crippen LogP contribution is 2.15. The van der Waals surface area contributed by atoms with E-state index in [9.17, 15) is 4.79 Å². The van der Waals surface area contributed by atoms with Crippen LogP contribution in [0.15, 0.2) is 30.3 Å². The summed E-state index contributed by atoms with van der Waals surface area (Å²) < 4.78 is 0. The molecule has 1 fully saturated rings. The third-order valence-corrected chi connectivity index (χ3v) is 3.99. The number of hydrogen-bond donors (Lipinski definition) is 1. The third-order valence-electron chi connectivity index (χ3n) is 3.99. The molecule has 0 amide bonds. The summed E-state index contributed by atoms with van der Waals surface area (Å²) in [4.78, 5) is 15.6. The van der Waals surface area contributed by atoms with Gasteiger partial charge in [-0.2, -0.15) is 0 Å². The second-order valence-electron chi connectivity index (χ2n) is 5.78. The molecule has 0 spiro atoms. The summed E-state index contributed by atoms with van der Waals surface area (Å²) in [5.74, 6) is -0.907. The number of rotatable bonds is 5. The third kappa shape index (κ3) is 4.69. The first-order valence-corrected chi connectivity index (χ1v) is 7.51. The van der Waals surface area contributed by atoms with E-state index >= 15 is 0 Å². The van der Waals surface area contributed by atoms with Crippen LogP contribution in [-0.2, 0) is 11.3 Å². The van der Waals surface area contributed by atoms with Crippen LogP contribution in [0.5, 0.6) is 0 Å². The average Bonchev–Trinajstić information content (AvgIpc) is 2.47. The Morgan fingerprint density at radius 3 is 2.52 bits per heavy atom. The first-order chi connectivity index (χ1) is 10.1. The Morgan fingerprint density at radius 2 is 1.90 bits per heavy atom. The van der Waals surface area contributed by atoms with Crippen molar-refractivity contribution in [2.45, 2.75) is 26.4 Å². The van der Waals surface area contributed by atoms with Gasteiger partial charge in [0.05, 0.1) is 0 Å². The highest BCUT2D eigenvalue weighted by molar-refractivity contribution is 5.85. The van der Waals surface area contributed by atoms with Crippen LogP contribution in [0.1, 0.15) is 25.0 Å². The normalized spacial score (nSPS) is 17.7. The Bertz CT molecular complexity index is 503. The largest absolute Gasteiger partial charge is 0.478 e. The van der Waals surface area contributed by atoms with Crippen LogP contribution >= 0.6 is 0 Å². The van der Waals surface area contributed by atoms with Crippen molar-refractivity contribution < 1.29 is 9.90 Å². The van der Waals surface area contributed by atoms with E-state index in [-0.39, 0.29) is 0 Å². The van der Waals surface area contributed by atoms with Gasteiger partial charge in [-0.15, -0.1) is 0 Å². The maximum atomic E-state index is 10.7. The van der Waals surface area contributed by atoms with Gasteiger partial charge in [0.1, 0.15) is 0 Å². The predicted molar refractivity (Wildman–Crippen MR) is 85.1 cm³/mol. The Morgan fingerprint density at radius 1 is 1.24 bits per heavy atom. The maximum absolute atomic E-state index is 10.7. The molecule has 1 aliphatic heterocycles. The van der Waals surface area contributed by atoms with Gasteiger partial charge < -0.3 is 5.11 Å². The van der Waals surface area contributed by atoms with Gasteiger partial charge in [-0.25, -0.2) is 4.79 Å². The molecule has 0 aromatic heterocycles. The van der Waals surface area contributed by atoms with Crippen LogP contribution in [0.3, 0.4) is 0 Å². The maximum Gasteiger partial charge on any atom is 0.328 e. The summed E-state index contributed by atoms with van der Waals surface area (Å²) in [5.41, 5.74) is 2.18. The van der Waals surface area contributed by atoms with Crippen LogP contribution in [0.2, 0.25) is 0 Å². The van der Waals surface area contributed by atoms with Crippen molar-refractivity contribution in [3.8, 4) is 0 Å². The summed E-state index contributed by atoms with van der Waals surface area (Å²) in [6.07, 6.45) is 2.89. The lowest BCUT2D eigenvalue weighted by Gasteiger charge is -2.37. The fourth-order valence-electron chi connectivity index (χ4n) is 2.68. The van der Waals surface area contributed by atoms with Crippen molar-refractivity contribution in [2.24, 2.45) is 0 Å². The van der Waals surface area contributed by atoms with E-state index in [0.29, 0.717) is 6.04 Å². The lowest BCUT2D eigenvalue weighted by atomic mass is 10.1. The van der Waals surface area contributed by atoms with Crippen molar-refractivity contribution in [1.82, 2.24) is 9.80 Å². The highest BCUT2D eigenvalue weighted by Gasteiger charge is 2.19. The summed E-state index contributed by atoms with van der Waals surface area (Å²) in [5, 5.41) is 8.77. The van der Waals surface area contributed by atoms with Gasteiger partial charge in [-0.1, -0.05) is 24.3 Å². The van der Waals surface area contributed by atoms with E-state index in [1.54, 1.807) is 6.08 Å². The van der Waals surface area contributed by atoms with Gasteiger partial charge in [0.2, 0.25) is 0 Å². The minimum absolute atomic E-state index is 0.609. The summed E-state index contributed by atoms with van der Waals surface area (Å²) >= 11 is 0. The number of carbonyl (C=O) groups is 1. The number of carboxylic acids is 1. The standard InChI is InChI=1S/C17H24N2O2/c1-14(2)19-11-9-18(10-12-19)13-16-6-4-3-5-15(16)7-8-17(20)21/h3-8,14H,9-13H2,1-2H3,(H,20,21). The molecule has 0 saturated carbocycles. The van der Waals surface area contributed by atoms with Gasteiger partial charge in [0.15, 0.2) is 0 Å². The SMILES string of the molecule is CC(C)N1CCN(Cc2ccccc2C=CC(=O)O)CC1. The number of piperazine rings is 1. The Hall–Kier alpha value is -1.65. The molecule has 114 valence electrons. The Kier molecular flexibility index (Phi) is 5.53. The lowest BCUT2D eigenvalue weighted by molar-refractivity contribution is -0.131. The van der Waals surface area contributed by atoms with Crippen molar-refractivity contribution in [3.63, 3.8) is 0 Å². The smallest absolute Gasteiger partial charge is 0.328 e. The molecule has 2 rings (SSSR count). The van der Waals surface area contributed by atoms with Crippen LogP contribution in [0, 0.1) is 0 Å². The van der Waals surface area contributed by atoms with E-state index in [1.807, 2.05) is 18.2 Å². The molecule has 21 heavy (non-hydrogen) atoms. The number of nitrogens with zero attached hydrogens (tertiary/aromatic N) is 2. The second kappa shape index (κ2) is 7.38. The predicted octanol–water partition coefficient (Wildman–Crippen LogP) is 2.31. The average molecular weight is 288 g/mol. The van der Waals surface area contributed by atoms with E-state index in [0.717, 1.165) is 38.3 Å². The van der Waals surface area contributed by atoms with Crippen molar-refractivity contribution in [1.29, 1.82) is 0 Å². The van der Waals surface area contributed by atoms with Crippen molar-refractivity contribution >= 4 is 12.0 Å². The zero-order chi connectivity index (χ0) is 15.2. The molecule has 0 atom stereocenters. The highest BCUT2D eigenvalue weighted by atomic mass is 16.4. The quantitative estimate of drug-likeness (QED) is 0.845. The van der Waals surface area contributed by atoms with Crippen LogP contribution < -0.4 is 0 Å². The number of aliphatic carboxylic acids is 1. The Labute approximate surface area is 126 Å².